The summed E-state index contributed by atoms with van der Waals surface area (Å²) in [6, 6.07) is 5.44. The van der Waals surface area contributed by atoms with E-state index in [4.69, 9.17) is 14.9 Å². The van der Waals surface area contributed by atoms with Gasteiger partial charge in [-0.15, -0.1) is 0 Å². The first kappa shape index (κ1) is 14.5. The Morgan fingerprint density at radius 1 is 1.45 bits per heavy atom. The first-order valence-electron chi connectivity index (χ1n) is 5.79. The number of hydrogen-bond donors (Lipinski definition) is 3. The highest BCUT2D eigenvalue weighted by molar-refractivity contribution is 9.10. The Hall–Kier alpha value is -1.86. The summed E-state index contributed by atoms with van der Waals surface area (Å²) in [4.78, 5) is 22.3. The van der Waals surface area contributed by atoms with E-state index in [2.05, 4.69) is 21.2 Å². The average molecular weight is 342 g/mol. The van der Waals surface area contributed by atoms with Crippen LogP contribution in [0.5, 0.6) is 5.75 Å². The Labute approximate surface area is 123 Å². The molecular weight excluding hydrogens is 330 g/mol. The molecule has 1 unspecified atom stereocenters. The quantitative estimate of drug-likeness (QED) is 0.752. The van der Waals surface area contributed by atoms with Crippen LogP contribution in [0.4, 0.5) is 0 Å². The van der Waals surface area contributed by atoms with Crippen molar-refractivity contribution in [2.45, 2.75) is 6.10 Å². The van der Waals surface area contributed by atoms with Gasteiger partial charge in [0.1, 0.15) is 12.4 Å². The molecular formula is C13H12BrNO5. The summed E-state index contributed by atoms with van der Waals surface area (Å²) in [5.41, 5.74) is 1.13. The number of carboxylic acid groups (broad SMARTS) is 1. The van der Waals surface area contributed by atoms with Crippen LogP contribution in [0.3, 0.4) is 0 Å². The number of hydrogen-bond acceptors (Lipinski definition) is 4. The number of carbonyl (C=O) groups excluding carboxylic acids is 1. The molecule has 0 saturated heterocycles. The number of carbonyl (C=O) groups is 2. The maximum absolute atomic E-state index is 11.8. The fourth-order valence-corrected chi connectivity index (χ4v) is 2.05. The molecule has 1 heterocycles. The predicted molar refractivity (Wildman–Crippen MR) is 74.3 cm³/mol. The third-order valence-electron chi connectivity index (χ3n) is 2.72. The standard InChI is InChI=1S/C13H12BrNO5/c14-9-1-2-11-7(4-9)3-8(6-20-11)12(17)15-5-10(16)13(18)19/h1-4,10,16H,5-6H2,(H,15,17)(H,18,19). The van der Waals surface area contributed by atoms with Gasteiger partial charge in [0.15, 0.2) is 6.10 Å². The van der Waals surface area contributed by atoms with Crippen LogP contribution in [-0.2, 0) is 9.59 Å². The van der Waals surface area contributed by atoms with Gasteiger partial charge in [-0.05, 0) is 24.3 Å². The molecule has 6 nitrogen and oxygen atoms in total. The number of rotatable bonds is 4. The summed E-state index contributed by atoms with van der Waals surface area (Å²) in [6.07, 6.45) is 0.0528. The van der Waals surface area contributed by atoms with Gasteiger partial charge in [0, 0.05) is 10.0 Å². The van der Waals surface area contributed by atoms with Crippen molar-refractivity contribution in [1.29, 1.82) is 0 Å². The molecule has 0 bridgehead atoms. The second-order valence-corrected chi connectivity index (χ2v) is 5.12. The molecule has 0 radical (unpaired) electrons. The molecule has 1 aliphatic heterocycles. The Balaban J connectivity index is 2.06. The number of amides is 1. The van der Waals surface area contributed by atoms with Crippen molar-refractivity contribution < 1.29 is 24.5 Å². The number of benzene rings is 1. The van der Waals surface area contributed by atoms with Gasteiger partial charge in [-0.25, -0.2) is 4.79 Å². The molecule has 20 heavy (non-hydrogen) atoms. The number of ether oxygens (including phenoxy) is 1. The third kappa shape index (κ3) is 3.37. The topological polar surface area (TPSA) is 95.9 Å². The van der Waals surface area contributed by atoms with Crippen LogP contribution >= 0.6 is 15.9 Å². The lowest BCUT2D eigenvalue weighted by Crippen LogP contribution is -2.38. The first-order valence-corrected chi connectivity index (χ1v) is 6.58. The molecule has 1 aromatic carbocycles. The lowest BCUT2D eigenvalue weighted by Gasteiger charge is -2.18. The zero-order valence-electron chi connectivity index (χ0n) is 10.3. The largest absolute Gasteiger partial charge is 0.488 e. The van der Waals surface area contributed by atoms with Gasteiger partial charge >= 0.3 is 5.97 Å². The van der Waals surface area contributed by atoms with Crippen LogP contribution in [0.1, 0.15) is 5.56 Å². The number of aliphatic carboxylic acids is 1. The third-order valence-corrected chi connectivity index (χ3v) is 3.21. The SMILES string of the molecule is O=C(NCC(O)C(=O)O)C1=Cc2cc(Br)ccc2OC1. The second kappa shape index (κ2) is 6.06. The fraction of sp³-hybridized carbons (Fsp3) is 0.231. The van der Waals surface area contributed by atoms with Crippen LogP contribution in [-0.4, -0.2) is 41.3 Å². The molecule has 7 heteroatoms. The Bertz CT molecular complexity index is 584. The molecule has 1 atom stereocenters. The van der Waals surface area contributed by atoms with Crippen molar-refractivity contribution >= 4 is 33.9 Å². The van der Waals surface area contributed by atoms with Crippen molar-refractivity contribution in [2.75, 3.05) is 13.2 Å². The van der Waals surface area contributed by atoms with Gasteiger partial charge in [-0.1, -0.05) is 15.9 Å². The van der Waals surface area contributed by atoms with E-state index in [0.29, 0.717) is 11.3 Å². The van der Waals surface area contributed by atoms with Crippen molar-refractivity contribution in [1.82, 2.24) is 5.32 Å². The predicted octanol–water partition coefficient (Wildman–Crippen LogP) is 0.787. The zero-order chi connectivity index (χ0) is 14.7. The molecule has 0 aromatic heterocycles. The van der Waals surface area contributed by atoms with Crippen LogP contribution in [0.15, 0.2) is 28.2 Å². The number of fused-ring (bicyclic) bond motifs is 1. The van der Waals surface area contributed by atoms with Crippen molar-refractivity contribution in [2.24, 2.45) is 0 Å². The van der Waals surface area contributed by atoms with Gasteiger partial charge in [-0.2, -0.15) is 0 Å². The molecule has 0 fully saturated rings. The number of halogens is 1. The van der Waals surface area contributed by atoms with Gasteiger partial charge in [0.2, 0.25) is 0 Å². The zero-order valence-corrected chi connectivity index (χ0v) is 11.9. The highest BCUT2D eigenvalue weighted by Gasteiger charge is 2.19. The smallest absolute Gasteiger partial charge is 0.334 e. The Morgan fingerprint density at radius 3 is 2.90 bits per heavy atom. The first-order chi connectivity index (χ1) is 9.47. The summed E-state index contributed by atoms with van der Waals surface area (Å²) in [6.45, 7) is -0.250. The highest BCUT2D eigenvalue weighted by atomic mass is 79.9. The molecule has 1 aromatic rings. The molecule has 1 amide bonds. The molecule has 2 rings (SSSR count). The molecule has 106 valence electrons. The lowest BCUT2D eigenvalue weighted by atomic mass is 10.1. The van der Waals surface area contributed by atoms with Crippen LogP contribution in [0.25, 0.3) is 6.08 Å². The van der Waals surface area contributed by atoms with Gasteiger partial charge in [0.25, 0.3) is 5.91 Å². The summed E-state index contributed by atoms with van der Waals surface area (Å²) < 4.78 is 6.30. The maximum Gasteiger partial charge on any atom is 0.334 e. The minimum atomic E-state index is -1.62. The van der Waals surface area contributed by atoms with Crippen LogP contribution in [0.2, 0.25) is 0 Å². The summed E-state index contributed by atoms with van der Waals surface area (Å²) >= 11 is 3.33. The molecule has 0 spiro atoms. The summed E-state index contributed by atoms with van der Waals surface area (Å²) in [5.74, 6) is -1.17. The number of nitrogens with one attached hydrogen (secondary N) is 1. The van der Waals surface area contributed by atoms with E-state index in [-0.39, 0.29) is 13.2 Å². The number of aliphatic hydroxyl groups is 1. The van der Waals surface area contributed by atoms with E-state index in [1.54, 1.807) is 12.1 Å². The minimum Gasteiger partial charge on any atom is -0.488 e. The van der Waals surface area contributed by atoms with E-state index in [9.17, 15) is 9.59 Å². The fourth-order valence-electron chi connectivity index (χ4n) is 1.67. The van der Waals surface area contributed by atoms with Crippen LogP contribution in [0, 0.1) is 0 Å². The average Bonchev–Trinajstić information content (AvgIpc) is 2.43. The molecule has 1 aliphatic rings. The number of carboxylic acids is 1. The van der Waals surface area contributed by atoms with E-state index < -0.39 is 18.0 Å². The monoisotopic (exact) mass is 341 g/mol. The molecule has 0 aliphatic carbocycles. The van der Waals surface area contributed by atoms with Crippen molar-refractivity contribution in [3.8, 4) is 5.75 Å². The van der Waals surface area contributed by atoms with Crippen molar-refractivity contribution in [3.63, 3.8) is 0 Å². The highest BCUT2D eigenvalue weighted by Crippen LogP contribution is 2.29. The van der Waals surface area contributed by atoms with E-state index in [0.717, 1.165) is 10.0 Å². The molecule has 0 saturated carbocycles. The summed E-state index contributed by atoms with van der Waals surface area (Å²) in [5, 5.41) is 20.0. The van der Waals surface area contributed by atoms with Gasteiger partial charge in [-0.3, -0.25) is 4.79 Å². The van der Waals surface area contributed by atoms with E-state index in [1.165, 1.54) is 0 Å². The molecule has 3 N–H and O–H groups in total. The minimum absolute atomic E-state index is 0.101. The van der Waals surface area contributed by atoms with Gasteiger partial charge in [0.05, 0.1) is 12.1 Å². The normalized spacial score (nSPS) is 14.6. The van der Waals surface area contributed by atoms with E-state index >= 15 is 0 Å². The van der Waals surface area contributed by atoms with Gasteiger partial charge < -0.3 is 20.3 Å². The second-order valence-electron chi connectivity index (χ2n) is 4.20. The Kier molecular flexibility index (Phi) is 4.41. The lowest BCUT2D eigenvalue weighted by molar-refractivity contribution is -0.146. The summed E-state index contributed by atoms with van der Waals surface area (Å²) in [7, 11) is 0. The Morgan fingerprint density at radius 2 is 2.20 bits per heavy atom. The van der Waals surface area contributed by atoms with E-state index in [1.807, 2.05) is 12.1 Å². The van der Waals surface area contributed by atoms with Crippen LogP contribution < -0.4 is 10.1 Å². The maximum atomic E-state index is 11.8. The number of aliphatic hydroxyl groups excluding tert-OH is 1. The van der Waals surface area contributed by atoms with Crippen molar-refractivity contribution in [3.05, 3.63) is 33.8 Å².